The molecular weight excluding hydrogens is 244 g/mol. The molecule has 0 amide bonds. The standard InChI is InChI=1S/C18H26N2/c1-20-17-10-5-11-18(20)14-16(13-17)19-12-6-9-15-7-3-2-4-8-15/h2-4,6-9,16-19H,5,10-14H2,1H3. The van der Waals surface area contributed by atoms with Crippen LogP contribution in [0.5, 0.6) is 0 Å². The molecule has 1 aromatic carbocycles. The maximum absolute atomic E-state index is 3.73. The highest BCUT2D eigenvalue weighted by atomic mass is 15.2. The van der Waals surface area contributed by atoms with Crippen molar-refractivity contribution in [2.45, 2.75) is 50.2 Å². The highest BCUT2D eigenvalue weighted by Gasteiger charge is 2.35. The summed E-state index contributed by atoms with van der Waals surface area (Å²) < 4.78 is 0. The van der Waals surface area contributed by atoms with Crippen molar-refractivity contribution in [3.8, 4) is 0 Å². The van der Waals surface area contributed by atoms with Crippen molar-refractivity contribution in [2.24, 2.45) is 0 Å². The zero-order valence-corrected chi connectivity index (χ0v) is 12.5. The molecule has 2 atom stereocenters. The number of piperidine rings is 2. The fourth-order valence-electron chi connectivity index (χ4n) is 3.78. The van der Waals surface area contributed by atoms with Crippen LogP contribution in [0.25, 0.3) is 6.08 Å². The van der Waals surface area contributed by atoms with Crippen LogP contribution in [0.2, 0.25) is 0 Å². The van der Waals surface area contributed by atoms with Gasteiger partial charge >= 0.3 is 0 Å². The smallest absolute Gasteiger partial charge is 0.0140 e. The van der Waals surface area contributed by atoms with Crippen molar-refractivity contribution in [3.63, 3.8) is 0 Å². The lowest BCUT2D eigenvalue weighted by Gasteiger charge is -2.47. The first kappa shape index (κ1) is 13.8. The van der Waals surface area contributed by atoms with E-state index in [-0.39, 0.29) is 0 Å². The Morgan fingerprint density at radius 3 is 2.55 bits per heavy atom. The van der Waals surface area contributed by atoms with Crippen molar-refractivity contribution in [3.05, 3.63) is 42.0 Å². The Labute approximate surface area is 122 Å². The van der Waals surface area contributed by atoms with Gasteiger partial charge in [-0.25, -0.2) is 0 Å². The van der Waals surface area contributed by atoms with Crippen LogP contribution in [0.4, 0.5) is 0 Å². The number of fused-ring (bicyclic) bond motifs is 2. The molecule has 2 unspecified atom stereocenters. The highest BCUT2D eigenvalue weighted by Crippen LogP contribution is 2.32. The monoisotopic (exact) mass is 270 g/mol. The Kier molecular flexibility index (Phi) is 4.54. The summed E-state index contributed by atoms with van der Waals surface area (Å²) in [6, 6.07) is 12.9. The highest BCUT2D eigenvalue weighted by molar-refractivity contribution is 5.48. The molecule has 108 valence electrons. The number of rotatable bonds is 4. The van der Waals surface area contributed by atoms with Gasteiger partial charge in [0, 0.05) is 24.7 Å². The third-order valence-electron chi connectivity index (χ3n) is 4.97. The third-order valence-corrected chi connectivity index (χ3v) is 4.97. The number of nitrogens with zero attached hydrogens (tertiary/aromatic N) is 1. The molecule has 2 saturated heterocycles. The first-order valence-corrected chi connectivity index (χ1v) is 8.00. The lowest BCUT2D eigenvalue weighted by atomic mass is 9.82. The van der Waals surface area contributed by atoms with E-state index in [2.05, 4.69) is 59.7 Å². The van der Waals surface area contributed by atoms with E-state index in [0.29, 0.717) is 6.04 Å². The Bertz CT molecular complexity index is 426. The van der Waals surface area contributed by atoms with Crippen molar-refractivity contribution in [2.75, 3.05) is 13.6 Å². The van der Waals surface area contributed by atoms with Crippen LogP contribution >= 0.6 is 0 Å². The number of hydrogen-bond acceptors (Lipinski definition) is 2. The predicted octanol–water partition coefficient (Wildman–Crippen LogP) is 3.30. The van der Waals surface area contributed by atoms with Crippen molar-refractivity contribution < 1.29 is 0 Å². The molecule has 0 radical (unpaired) electrons. The topological polar surface area (TPSA) is 15.3 Å². The van der Waals surface area contributed by atoms with E-state index in [1.165, 1.54) is 37.7 Å². The first-order chi connectivity index (χ1) is 9.83. The summed E-state index contributed by atoms with van der Waals surface area (Å²) in [7, 11) is 2.32. The molecule has 2 fully saturated rings. The molecular formula is C18H26N2. The van der Waals surface area contributed by atoms with Gasteiger partial charge in [0.05, 0.1) is 0 Å². The van der Waals surface area contributed by atoms with Gasteiger partial charge in [-0.05, 0) is 38.3 Å². The molecule has 20 heavy (non-hydrogen) atoms. The summed E-state index contributed by atoms with van der Waals surface area (Å²) in [6.07, 6.45) is 11.3. The second-order valence-corrected chi connectivity index (χ2v) is 6.29. The van der Waals surface area contributed by atoms with Crippen molar-refractivity contribution in [1.82, 2.24) is 10.2 Å². The van der Waals surface area contributed by atoms with Gasteiger partial charge in [-0.15, -0.1) is 0 Å². The fourth-order valence-corrected chi connectivity index (χ4v) is 3.78. The number of hydrogen-bond donors (Lipinski definition) is 1. The maximum Gasteiger partial charge on any atom is 0.0140 e. The van der Waals surface area contributed by atoms with Gasteiger partial charge in [-0.1, -0.05) is 48.9 Å². The second-order valence-electron chi connectivity index (χ2n) is 6.29. The van der Waals surface area contributed by atoms with E-state index in [0.717, 1.165) is 18.6 Å². The summed E-state index contributed by atoms with van der Waals surface area (Å²) in [5.74, 6) is 0. The molecule has 0 saturated carbocycles. The molecule has 2 heterocycles. The third kappa shape index (κ3) is 3.31. The van der Waals surface area contributed by atoms with E-state index >= 15 is 0 Å². The van der Waals surface area contributed by atoms with E-state index < -0.39 is 0 Å². The van der Waals surface area contributed by atoms with Gasteiger partial charge in [-0.2, -0.15) is 0 Å². The van der Waals surface area contributed by atoms with Crippen LogP contribution in [0.3, 0.4) is 0 Å². The molecule has 2 aliphatic heterocycles. The van der Waals surface area contributed by atoms with Crippen LogP contribution in [-0.4, -0.2) is 36.6 Å². The van der Waals surface area contributed by atoms with Crippen LogP contribution in [0.1, 0.15) is 37.7 Å². The largest absolute Gasteiger partial charge is 0.310 e. The lowest BCUT2D eigenvalue weighted by molar-refractivity contribution is 0.0495. The zero-order chi connectivity index (χ0) is 13.8. The first-order valence-electron chi connectivity index (χ1n) is 8.00. The zero-order valence-electron chi connectivity index (χ0n) is 12.5. The van der Waals surface area contributed by atoms with E-state index in [1.807, 2.05) is 0 Å². The predicted molar refractivity (Wildman–Crippen MR) is 85.7 cm³/mol. The summed E-state index contributed by atoms with van der Waals surface area (Å²) in [5, 5.41) is 3.73. The van der Waals surface area contributed by atoms with Crippen LogP contribution in [-0.2, 0) is 0 Å². The van der Waals surface area contributed by atoms with Gasteiger partial charge in [-0.3, -0.25) is 0 Å². The number of nitrogens with one attached hydrogen (secondary N) is 1. The molecule has 2 nitrogen and oxygen atoms in total. The van der Waals surface area contributed by atoms with Gasteiger partial charge in [0.1, 0.15) is 0 Å². The molecule has 1 aromatic rings. The molecule has 1 N–H and O–H groups in total. The van der Waals surface area contributed by atoms with Crippen LogP contribution in [0, 0.1) is 0 Å². The van der Waals surface area contributed by atoms with E-state index in [1.54, 1.807) is 0 Å². The van der Waals surface area contributed by atoms with Gasteiger partial charge < -0.3 is 10.2 Å². The normalized spacial score (nSPS) is 30.8. The van der Waals surface area contributed by atoms with Crippen LogP contribution < -0.4 is 5.32 Å². The minimum absolute atomic E-state index is 0.710. The molecule has 2 bridgehead atoms. The summed E-state index contributed by atoms with van der Waals surface area (Å²) in [6.45, 7) is 0.989. The Morgan fingerprint density at radius 1 is 1.15 bits per heavy atom. The second kappa shape index (κ2) is 6.55. The lowest BCUT2D eigenvalue weighted by Crippen LogP contribution is -2.54. The molecule has 0 spiro atoms. The van der Waals surface area contributed by atoms with Crippen LogP contribution in [0.15, 0.2) is 36.4 Å². The Hall–Kier alpha value is -1.12. The molecule has 0 aromatic heterocycles. The Morgan fingerprint density at radius 2 is 1.85 bits per heavy atom. The minimum atomic E-state index is 0.710. The van der Waals surface area contributed by atoms with Gasteiger partial charge in [0.25, 0.3) is 0 Å². The molecule has 2 heteroatoms. The summed E-state index contributed by atoms with van der Waals surface area (Å²) >= 11 is 0. The average Bonchev–Trinajstić information content (AvgIpc) is 2.45. The fraction of sp³-hybridized carbons (Fsp3) is 0.556. The summed E-state index contributed by atoms with van der Waals surface area (Å²) in [5.41, 5.74) is 1.29. The molecule has 0 aliphatic carbocycles. The SMILES string of the molecule is CN1C2CCCC1CC(NCC=Cc1ccccc1)C2. The average molecular weight is 270 g/mol. The summed E-state index contributed by atoms with van der Waals surface area (Å²) in [4.78, 5) is 2.63. The van der Waals surface area contributed by atoms with Crippen molar-refractivity contribution >= 4 is 6.08 Å². The minimum Gasteiger partial charge on any atom is -0.310 e. The molecule has 2 aliphatic rings. The maximum atomic E-state index is 3.73. The number of benzene rings is 1. The van der Waals surface area contributed by atoms with Gasteiger partial charge in [0.15, 0.2) is 0 Å². The quantitative estimate of drug-likeness (QED) is 0.903. The van der Waals surface area contributed by atoms with Gasteiger partial charge in [0.2, 0.25) is 0 Å². The van der Waals surface area contributed by atoms with E-state index in [9.17, 15) is 0 Å². The van der Waals surface area contributed by atoms with E-state index in [4.69, 9.17) is 0 Å². The van der Waals surface area contributed by atoms with Crippen molar-refractivity contribution in [1.29, 1.82) is 0 Å². The Balaban J connectivity index is 1.46. The molecule has 3 rings (SSSR count).